The fourth-order valence-electron chi connectivity index (χ4n) is 0.969. The Bertz CT molecular complexity index is 424. The summed E-state index contributed by atoms with van der Waals surface area (Å²) in [5.41, 5.74) is 5.44. The van der Waals surface area contributed by atoms with E-state index in [2.05, 4.69) is 24.9 Å². The van der Waals surface area contributed by atoms with Crippen LogP contribution >= 0.6 is 23.1 Å². The summed E-state index contributed by atoms with van der Waals surface area (Å²) in [6, 6.07) is 1.60. The number of nitrogen functional groups attached to an aromatic ring is 1. The largest absolute Gasteiger partial charge is 0.368 e. The number of hydrogen-bond donors (Lipinski definition) is 2. The zero-order valence-corrected chi connectivity index (χ0v) is 9.09. The van der Waals surface area contributed by atoms with E-state index >= 15 is 0 Å². The Balaban J connectivity index is 2.05. The van der Waals surface area contributed by atoms with Gasteiger partial charge in [0.05, 0.1) is 17.6 Å². The normalized spacial score (nSPS) is 10.2. The van der Waals surface area contributed by atoms with Gasteiger partial charge in [-0.1, -0.05) is 16.1 Å². The van der Waals surface area contributed by atoms with E-state index in [1.807, 2.05) is 0 Å². The lowest BCUT2D eigenvalue weighted by Crippen LogP contribution is -2.03. The van der Waals surface area contributed by atoms with Crippen molar-refractivity contribution in [3.63, 3.8) is 0 Å². The third-order valence-corrected chi connectivity index (χ3v) is 2.42. The van der Waals surface area contributed by atoms with Gasteiger partial charge in [0, 0.05) is 6.07 Å². The van der Waals surface area contributed by atoms with E-state index in [1.165, 1.54) is 11.5 Å². The van der Waals surface area contributed by atoms with Crippen LogP contribution in [0.4, 0.5) is 11.8 Å². The van der Waals surface area contributed by atoms with E-state index in [-0.39, 0.29) is 5.95 Å². The Labute approximate surface area is 94.7 Å². The minimum absolute atomic E-state index is 0.146. The molecule has 78 valence electrons. The number of nitrogens with zero attached hydrogens (tertiary/aromatic N) is 4. The number of hydrogen-bond acceptors (Lipinski definition) is 7. The Morgan fingerprint density at radius 2 is 2.33 bits per heavy atom. The van der Waals surface area contributed by atoms with Gasteiger partial charge in [-0.05, 0) is 11.5 Å². The molecule has 3 N–H and O–H groups in total. The molecular formula is C7H7ClN6S. The predicted molar refractivity (Wildman–Crippen MR) is 58.7 cm³/mol. The predicted octanol–water partition coefficient (Wildman–Crippen LogP) is 1.18. The Kier molecular flexibility index (Phi) is 2.93. The second kappa shape index (κ2) is 4.37. The Morgan fingerprint density at radius 1 is 1.47 bits per heavy atom. The fraction of sp³-hybridized carbons (Fsp3) is 0.143. The van der Waals surface area contributed by atoms with Gasteiger partial charge in [-0.25, -0.2) is 4.98 Å². The number of rotatable bonds is 3. The van der Waals surface area contributed by atoms with Crippen LogP contribution in [0.3, 0.4) is 0 Å². The van der Waals surface area contributed by atoms with Gasteiger partial charge in [-0.2, -0.15) is 4.98 Å². The first-order valence-electron chi connectivity index (χ1n) is 4.04. The van der Waals surface area contributed by atoms with Crippen molar-refractivity contribution in [2.75, 3.05) is 11.1 Å². The van der Waals surface area contributed by atoms with E-state index in [0.717, 1.165) is 4.88 Å². The summed E-state index contributed by atoms with van der Waals surface area (Å²) in [4.78, 5) is 8.72. The maximum absolute atomic E-state index is 5.72. The molecule has 0 fully saturated rings. The summed E-state index contributed by atoms with van der Waals surface area (Å²) in [5.74, 6) is 0.730. The van der Waals surface area contributed by atoms with Crippen molar-refractivity contribution in [2.24, 2.45) is 0 Å². The minimum atomic E-state index is 0.146. The van der Waals surface area contributed by atoms with E-state index in [9.17, 15) is 0 Å². The molecule has 0 radical (unpaired) electrons. The van der Waals surface area contributed by atoms with Crippen molar-refractivity contribution in [2.45, 2.75) is 6.54 Å². The van der Waals surface area contributed by atoms with Crippen LogP contribution < -0.4 is 11.1 Å². The summed E-state index contributed by atoms with van der Waals surface area (Å²) in [6.07, 6.45) is 1.68. The summed E-state index contributed by atoms with van der Waals surface area (Å²) < 4.78 is 3.74. The maximum Gasteiger partial charge on any atom is 0.223 e. The van der Waals surface area contributed by atoms with E-state index < -0.39 is 0 Å². The van der Waals surface area contributed by atoms with Crippen molar-refractivity contribution >= 4 is 34.9 Å². The molecule has 2 rings (SSSR count). The van der Waals surface area contributed by atoms with Crippen molar-refractivity contribution < 1.29 is 0 Å². The fourth-order valence-corrected chi connectivity index (χ4v) is 1.59. The zero-order valence-electron chi connectivity index (χ0n) is 7.51. The van der Waals surface area contributed by atoms with Crippen LogP contribution in [0.1, 0.15) is 4.88 Å². The molecule has 0 aromatic carbocycles. The monoisotopic (exact) mass is 242 g/mol. The van der Waals surface area contributed by atoms with Gasteiger partial charge in [0.15, 0.2) is 0 Å². The van der Waals surface area contributed by atoms with E-state index in [0.29, 0.717) is 17.5 Å². The van der Waals surface area contributed by atoms with E-state index in [1.54, 1.807) is 12.3 Å². The third-order valence-electron chi connectivity index (χ3n) is 1.56. The van der Waals surface area contributed by atoms with Crippen molar-refractivity contribution in [3.8, 4) is 0 Å². The topological polar surface area (TPSA) is 89.6 Å². The van der Waals surface area contributed by atoms with Crippen LogP contribution in [0.5, 0.6) is 0 Å². The van der Waals surface area contributed by atoms with Gasteiger partial charge in [-0.15, -0.1) is 5.10 Å². The number of halogens is 1. The summed E-state index contributed by atoms with van der Waals surface area (Å²) in [7, 11) is 0. The van der Waals surface area contributed by atoms with Gasteiger partial charge in [0.2, 0.25) is 5.95 Å². The molecule has 0 amide bonds. The molecule has 6 nitrogen and oxygen atoms in total. The highest BCUT2D eigenvalue weighted by molar-refractivity contribution is 7.05. The third kappa shape index (κ3) is 2.74. The molecule has 2 heterocycles. The first-order valence-corrected chi connectivity index (χ1v) is 5.19. The van der Waals surface area contributed by atoms with Gasteiger partial charge >= 0.3 is 0 Å². The molecule has 2 aromatic heterocycles. The zero-order chi connectivity index (χ0) is 10.7. The van der Waals surface area contributed by atoms with Crippen LogP contribution in [-0.2, 0) is 6.54 Å². The van der Waals surface area contributed by atoms with Gasteiger partial charge in [-0.3, -0.25) is 0 Å². The van der Waals surface area contributed by atoms with Gasteiger partial charge < -0.3 is 11.1 Å². The van der Waals surface area contributed by atoms with Crippen LogP contribution in [0.25, 0.3) is 0 Å². The van der Waals surface area contributed by atoms with Crippen LogP contribution in [0.15, 0.2) is 12.3 Å². The lowest BCUT2D eigenvalue weighted by molar-refractivity contribution is 1.09. The lowest BCUT2D eigenvalue weighted by atomic mass is 10.5. The first kappa shape index (κ1) is 10.1. The first-order chi connectivity index (χ1) is 7.24. The molecule has 0 atom stereocenters. The molecule has 15 heavy (non-hydrogen) atoms. The second-order valence-corrected chi connectivity index (χ2v) is 3.93. The number of aromatic nitrogens is 4. The average molecular weight is 243 g/mol. The standard InChI is InChI=1S/C7H7ClN6S/c8-5-1-6(13-7(9)12-5)10-2-4-3-11-14-15-4/h1,3H,2H2,(H3,9,10,12,13). The highest BCUT2D eigenvalue weighted by Gasteiger charge is 2.01. The molecule has 0 unspecified atom stereocenters. The summed E-state index contributed by atoms with van der Waals surface area (Å²) in [5, 5.41) is 7.07. The van der Waals surface area contributed by atoms with Crippen molar-refractivity contribution in [3.05, 3.63) is 22.3 Å². The SMILES string of the molecule is Nc1nc(Cl)cc(NCc2cnns2)n1. The smallest absolute Gasteiger partial charge is 0.223 e. The molecule has 2 aromatic rings. The van der Waals surface area contributed by atoms with Crippen LogP contribution in [0.2, 0.25) is 5.15 Å². The second-order valence-electron chi connectivity index (χ2n) is 2.67. The number of nitrogens with one attached hydrogen (secondary N) is 1. The molecular weight excluding hydrogens is 236 g/mol. The van der Waals surface area contributed by atoms with Gasteiger partial charge in [0.25, 0.3) is 0 Å². The average Bonchev–Trinajstić information content (AvgIpc) is 2.65. The minimum Gasteiger partial charge on any atom is -0.368 e. The quantitative estimate of drug-likeness (QED) is 0.786. The Hall–Kier alpha value is -1.47. The summed E-state index contributed by atoms with van der Waals surface area (Å²) in [6.45, 7) is 0.588. The summed E-state index contributed by atoms with van der Waals surface area (Å²) >= 11 is 7.04. The van der Waals surface area contributed by atoms with Crippen molar-refractivity contribution in [1.29, 1.82) is 0 Å². The van der Waals surface area contributed by atoms with Crippen LogP contribution in [-0.4, -0.2) is 19.6 Å². The highest BCUT2D eigenvalue weighted by atomic mass is 35.5. The van der Waals surface area contributed by atoms with E-state index in [4.69, 9.17) is 17.3 Å². The van der Waals surface area contributed by atoms with Crippen LogP contribution in [0, 0.1) is 0 Å². The van der Waals surface area contributed by atoms with Crippen molar-refractivity contribution in [1.82, 2.24) is 19.6 Å². The molecule has 0 saturated heterocycles. The molecule has 0 bridgehead atoms. The maximum atomic E-state index is 5.72. The number of nitrogens with two attached hydrogens (primary N) is 1. The highest BCUT2D eigenvalue weighted by Crippen LogP contribution is 2.13. The van der Waals surface area contributed by atoms with Gasteiger partial charge in [0.1, 0.15) is 11.0 Å². The number of anilines is 2. The molecule has 0 aliphatic rings. The molecule has 0 saturated carbocycles. The Morgan fingerprint density at radius 3 is 3.00 bits per heavy atom. The molecule has 0 aliphatic heterocycles. The molecule has 0 aliphatic carbocycles. The lowest BCUT2D eigenvalue weighted by Gasteiger charge is -2.03. The molecule has 0 spiro atoms. The molecule has 8 heteroatoms.